The van der Waals surface area contributed by atoms with Crippen molar-refractivity contribution in [2.75, 3.05) is 13.1 Å². The Kier molecular flexibility index (Phi) is 4.27. The maximum absolute atomic E-state index is 13.1. The zero-order chi connectivity index (χ0) is 17.5. The van der Waals surface area contributed by atoms with E-state index in [0.29, 0.717) is 25.9 Å². The molecule has 1 aliphatic heterocycles. The van der Waals surface area contributed by atoms with Gasteiger partial charge in [0, 0.05) is 19.0 Å². The topological polar surface area (TPSA) is 49.4 Å². The summed E-state index contributed by atoms with van der Waals surface area (Å²) in [6.45, 7) is 2.62. The van der Waals surface area contributed by atoms with Crippen molar-refractivity contribution in [1.82, 2.24) is 10.2 Å². The standard InChI is InChI=1S/C17H19F3N2O2/c1-2-14-15(23)21-7-8-22(14)16(24)12-9-11(12)10-5-3-4-6-13(10)17(18,19)20/h3-6,11-12,14H,2,7-9H2,1H3,(H,21,23)/t11-,12+,14-/m1/s1. The van der Waals surface area contributed by atoms with E-state index in [1.807, 2.05) is 6.92 Å². The first-order valence-corrected chi connectivity index (χ1v) is 8.09. The molecule has 0 aromatic heterocycles. The van der Waals surface area contributed by atoms with Gasteiger partial charge in [-0.05, 0) is 30.4 Å². The molecule has 0 spiro atoms. The molecule has 2 amide bonds. The smallest absolute Gasteiger partial charge is 0.353 e. The molecule has 1 aromatic rings. The molecule has 24 heavy (non-hydrogen) atoms. The van der Waals surface area contributed by atoms with Crippen molar-refractivity contribution in [2.45, 2.75) is 37.9 Å². The molecule has 3 atom stereocenters. The predicted octanol–water partition coefficient (Wildman–Crippen LogP) is 2.55. The second-order valence-corrected chi connectivity index (χ2v) is 6.28. The van der Waals surface area contributed by atoms with Gasteiger partial charge >= 0.3 is 6.18 Å². The third kappa shape index (κ3) is 2.99. The van der Waals surface area contributed by atoms with Crippen LogP contribution in [-0.4, -0.2) is 35.8 Å². The average Bonchev–Trinajstić information content (AvgIpc) is 3.33. The third-order valence-electron chi connectivity index (χ3n) is 4.77. The predicted molar refractivity (Wildman–Crippen MR) is 81.1 cm³/mol. The van der Waals surface area contributed by atoms with Crippen LogP contribution in [0.4, 0.5) is 13.2 Å². The second-order valence-electron chi connectivity index (χ2n) is 6.28. The zero-order valence-corrected chi connectivity index (χ0v) is 13.3. The molecule has 3 rings (SSSR count). The van der Waals surface area contributed by atoms with Crippen LogP contribution in [0.2, 0.25) is 0 Å². The van der Waals surface area contributed by atoms with E-state index in [0.717, 1.165) is 6.07 Å². The first kappa shape index (κ1) is 16.8. The molecule has 1 saturated heterocycles. The number of piperazine rings is 1. The monoisotopic (exact) mass is 340 g/mol. The van der Waals surface area contributed by atoms with Crippen molar-refractivity contribution in [2.24, 2.45) is 5.92 Å². The Bertz CT molecular complexity index is 659. The zero-order valence-electron chi connectivity index (χ0n) is 13.3. The molecule has 2 fully saturated rings. The summed E-state index contributed by atoms with van der Waals surface area (Å²) in [4.78, 5) is 26.1. The molecule has 1 aromatic carbocycles. The number of nitrogens with zero attached hydrogens (tertiary/aromatic N) is 1. The van der Waals surface area contributed by atoms with Gasteiger partial charge in [0.2, 0.25) is 11.8 Å². The van der Waals surface area contributed by atoms with Crippen LogP contribution in [-0.2, 0) is 15.8 Å². The minimum Gasteiger partial charge on any atom is -0.353 e. The van der Waals surface area contributed by atoms with Gasteiger partial charge in [-0.15, -0.1) is 0 Å². The van der Waals surface area contributed by atoms with Crippen molar-refractivity contribution in [1.29, 1.82) is 0 Å². The molecule has 1 aliphatic carbocycles. The summed E-state index contributed by atoms with van der Waals surface area (Å²) >= 11 is 0. The summed E-state index contributed by atoms with van der Waals surface area (Å²) in [6, 6.07) is 4.89. The van der Waals surface area contributed by atoms with Gasteiger partial charge in [0.05, 0.1) is 5.56 Å². The summed E-state index contributed by atoms with van der Waals surface area (Å²) in [5.74, 6) is -1.28. The first-order chi connectivity index (χ1) is 11.3. The van der Waals surface area contributed by atoms with Crippen LogP contribution in [0.15, 0.2) is 24.3 Å². The van der Waals surface area contributed by atoms with E-state index in [4.69, 9.17) is 0 Å². The Morgan fingerprint density at radius 3 is 2.71 bits per heavy atom. The first-order valence-electron chi connectivity index (χ1n) is 8.09. The van der Waals surface area contributed by atoms with Gasteiger partial charge in [-0.2, -0.15) is 13.2 Å². The number of benzene rings is 1. The van der Waals surface area contributed by atoms with Crippen LogP contribution in [0, 0.1) is 5.92 Å². The number of hydrogen-bond donors (Lipinski definition) is 1. The van der Waals surface area contributed by atoms with E-state index >= 15 is 0 Å². The average molecular weight is 340 g/mol. The molecule has 0 unspecified atom stereocenters. The van der Waals surface area contributed by atoms with Gasteiger partial charge in [0.25, 0.3) is 0 Å². The lowest BCUT2D eigenvalue weighted by molar-refractivity contribution is -0.144. The molecular formula is C17H19F3N2O2. The lowest BCUT2D eigenvalue weighted by atomic mass is 10.0. The highest BCUT2D eigenvalue weighted by atomic mass is 19.4. The number of nitrogens with one attached hydrogen (secondary N) is 1. The summed E-state index contributed by atoms with van der Waals surface area (Å²) in [6.07, 6.45) is -3.53. The number of rotatable bonds is 3. The molecule has 130 valence electrons. The van der Waals surface area contributed by atoms with Gasteiger partial charge in [0.15, 0.2) is 0 Å². The van der Waals surface area contributed by atoms with Crippen molar-refractivity contribution in [3.63, 3.8) is 0 Å². The summed E-state index contributed by atoms with van der Waals surface area (Å²) in [5.41, 5.74) is -0.494. The van der Waals surface area contributed by atoms with Gasteiger partial charge < -0.3 is 10.2 Å². The van der Waals surface area contributed by atoms with Crippen LogP contribution in [0.5, 0.6) is 0 Å². The highest BCUT2D eigenvalue weighted by molar-refractivity contribution is 5.91. The number of carbonyl (C=O) groups excluding carboxylic acids is 2. The van der Waals surface area contributed by atoms with E-state index in [2.05, 4.69) is 5.32 Å². The van der Waals surface area contributed by atoms with E-state index in [1.54, 1.807) is 6.07 Å². The molecule has 1 saturated carbocycles. The Hall–Kier alpha value is -2.05. The quantitative estimate of drug-likeness (QED) is 0.919. The SMILES string of the molecule is CC[C@@H]1C(=O)NCCN1C(=O)[C@H]1C[C@@H]1c1ccccc1C(F)(F)F. The Balaban J connectivity index is 1.78. The maximum atomic E-state index is 13.1. The molecule has 1 heterocycles. The van der Waals surface area contributed by atoms with Crippen LogP contribution in [0.1, 0.15) is 36.8 Å². The Labute approximate surface area is 138 Å². The van der Waals surface area contributed by atoms with Crippen LogP contribution >= 0.6 is 0 Å². The molecule has 1 N–H and O–H groups in total. The number of carbonyl (C=O) groups is 2. The summed E-state index contributed by atoms with van der Waals surface area (Å²) in [5, 5.41) is 2.72. The van der Waals surface area contributed by atoms with Gasteiger partial charge in [0.1, 0.15) is 6.04 Å². The minimum atomic E-state index is -4.43. The highest BCUT2D eigenvalue weighted by Crippen LogP contribution is 2.52. The van der Waals surface area contributed by atoms with E-state index in [-0.39, 0.29) is 17.4 Å². The van der Waals surface area contributed by atoms with Crippen LogP contribution in [0.3, 0.4) is 0 Å². The van der Waals surface area contributed by atoms with Gasteiger partial charge in [-0.3, -0.25) is 9.59 Å². The minimum absolute atomic E-state index is 0.179. The van der Waals surface area contributed by atoms with Crippen molar-refractivity contribution in [3.8, 4) is 0 Å². The highest BCUT2D eigenvalue weighted by Gasteiger charge is 2.50. The van der Waals surface area contributed by atoms with Crippen LogP contribution in [0.25, 0.3) is 0 Å². The van der Waals surface area contributed by atoms with Crippen LogP contribution < -0.4 is 5.32 Å². The second kappa shape index (κ2) is 6.11. The number of amides is 2. The molecular weight excluding hydrogens is 321 g/mol. The number of alkyl halides is 3. The third-order valence-corrected chi connectivity index (χ3v) is 4.77. The van der Waals surface area contributed by atoms with E-state index < -0.39 is 29.6 Å². The fraction of sp³-hybridized carbons (Fsp3) is 0.529. The summed E-state index contributed by atoms with van der Waals surface area (Å²) in [7, 11) is 0. The van der Waals surface area contributed by atoms with E-state index in [1.165, 1.54) is 17.0 Å². The normalized spacial score (nSPS) is 26.9. The summed E-state index contributed by atoms with van der Waals surface area (Å²) < 4.78 is 39.4. The van der Waals surface area contributed by atoms with Gasteiger partial charge in [-0.1, -0.05) is 25.1 Å². The van der Waals surface area contributed by atoms with E-state index in [9.17, 15) is 22.8 Å². The Morgan fingerprint density at radius 2 is 2.04 bits per heavy atom. The largest absolute Gasteiger partial charge is 0.416 e. The molecule has 0 radical (unpaired) electrons. The Morgan fingerprint density at radius 1 is 1.33 bits per heavy atom. The maximum Gasteiger partial charge on any atom is 0.416 e. The molecule has 2 aliphatic rings. The molecule has 0 bridgehead atoms. The number of hydrogen-bond acceptors (Lipinski definition) is 2. The molecule has 7 heteroatoms. The van der Waals surface area contributed by atoms with Crippen molar-refractivity contribution in [3.05, 3.63) is 35.4 Å². The lowest BCUT2D eigenvalue weighted by Crippen LogP contribution is -2.57. The fourth-order valence-corrected chi connectivity index (χ4v) is 3.49. The van der Waals surface area contributed by atoms with Crippen molar-refractivity contribution < 1.29 is 22.8 Å². The fourth-order valence-electron chi connectivity index (χ4n) is 3.49. The number of halogens is 3. The van der Waals surface area contributed by atoms with Gasteiger partial charge in [-0.25, -0.2) is 0 Å². The lowest BCUT2D eigenvalue weighted by Gasteiger charge is -2.34. The molecule has 4 nitrogen and oxygen atoms in total. The van der Waals surface area contributed by atoms with Crippen molar-refractivity contribution >= 4 is 11.8 Å².